The fourth-order valence-electron chi connectivity index (χ4n) is 4.84. The van der Waals surface area contributed by atoms with E-state index in [4.69, 9.17) is 4.98 Å². The van der Waals surface area contributed by atoms with Crippen LogP contribution in [0.2, 0.25) is 0 Å². The Labute approximate surface area is 217 Å². The summed E-state index contributed by atoms with van der Waals surface area (Å²) in [5.74, 6) is 1.59. The number of nitrogens with one attached hydrogen (secondary N) is 2. The van der Waals surface area contributed by atoms with Crippen molar-refractivity contribution in [2.75, 3.05) is 44.1 Å². The average Bonchev–Trinajstić information content (AvgIpc) is 2.88. The maximum atomic E-state index is 13.3. The normalized spacial score (nSPS) is 15.0. The van der Waals surface area contributed by atoms with E-state index in [0.29, 0.717) is 39.7 Å². The van der Waals surface area contributed by atoms with Crippen molar-refractivity contribution in [2.24, 2.45) is 0 Å². The number of aromatic nitrogens is 4. The van der Waals surface area contributed by atoms with Crippen LogP contribution in [-0.2, 0) is 4.57 Å². The molecular weight excluding hydrogens is 481 g/mol. The van der Waals surface area contributed by atoms with Gasteiger partial charge in [-0.2, -0.15) is 4.98 Å². The first kappa shape index (κ1) is 25.1. The molecule has 0 spiro atoms. The van der Waals surface area contributed by atoms with Crippen molar-refractivity contribution in [3.8, 4) is 0 Å². The van der Waals surface area contributed by atoms with Gasteiger partial charge in [0.1, 0.15) is 18.5 Å². The zero-order valence-electron chi connectivity index (χ0n) is 21.5. The minimum absolute atomic E-state index is 0.465. The van der Waals surface area contributed by atoms with E-state index in [9.17, 15) is 4.57 Å². The van der Waals surface area contributed by atoms with Crippen molar-refractivity contribution >= 4 is 52.7 Å². The maximum absolute atomic E-state index is 13.3. The molecule has 8 nitrogen and oxygen atoms in total. The molecule has 37 heavy (non-hydrogen) atoms. The molecule has 2 aromatic carbocycles. The van der Waals surface area contributed by atoms with Crippen LogP contribution in [0.25, 0.3) is 17.1 Å². The van der Waals surface area contributed by atoms with Crippen LogP contribution in [-0.4, -0.2) is 58.3 Å². The number of hydrogen-bond acceptors (Lipinski definition) is 8. The number of benzene rings is 2. The fourth-order valence-corrected chi connectivity index (χ4v) is 6.23. The molecule has 0 bridgehead atoms. The van der Waals surface area contributed by atoms with Gasteiger partial charge in [0.15, 0.2) is 0 Å². The third-order valence-corrected chi connectivity index (χ3v) is 8.30. The number of piperidine rings is 1. The van der Waals surface area contributed by atoms with Crippen LogP contribution < -0.4 is 15.9 Å². The Hall–Kier alpha value is -3.61. The van der Waals surface area contributed by atoms with Gasteiger partial charge in [0, 0.05) is 29.8 Å². The Balaban J connectivity index is 1.45. The van der Waals surface area contributed by atoms with E-state index in [1.54, 1.807) is 38.0 Å². The van der Waals surface area contributed by atoms with Crippen LogP contribution in [0.5, 0.6) is 0 Å². The molecule has 0 atom stereocenters. The van der Waals surface area contributed by atoms with Gasteiger partial charge in [-0.1, -0.05) is 24.8 Å². The van der Waals surface area contributed by atoms with Gasteiger partial charge in [0.05, 0.1) is 16.5 Å². The number of hydrogen-bond donors (Lipinski definition) is 2. The lowest BCUT2D eigenvalue weighted by molar-refractivity contribution is 0.255. The third-order valence-electron chi connectivity index (χ3n) is 6.78. The van der Waals surface area contributed by atoms with Crippen molar-refractivity contribution in [3.63, 3.8) is 0 Å². The molecule has 0 amide bonds. The summed E-state index contributed by atoms with van der Waals surface area (Å²) in [6.07, 6.45) is 9.00. The van der Waals surface area contributed by atoms with Gasteiger partial charge in [-0.15, -0.1) is 0 Å². The van der Waals surface area contributed by atoms with Crippen molar-refractivity contribution in [1.29, 1.82) is 0 Å². The summed E-state index contributed by atoms with van der Waals surface area (Å²) in [5, 5.41) is 7.38. The highest BCUT2D eigenvalue weighted by atomic mass is 31.2. The topological polar surface area (TPSA) is 95.9 Å². The van der Waals surface area contributed by atoms with Gasteiger partial charge in [-0.25, -0.2) is 4.98 Å². The second-order valence-corrected chi connectivity index (χ2v) is 13.0. The van der Waals surface area contributed by atoms with Crippen LogP contribution in [0.3, 0.4) is 0 Å². The van der Waals surface area contributed by atoms with Crippen molar-refractivity contribution < 1.29 is 4.57 Å². The molecule has 0 aliphatic carbocycles. The van der Waals surface area contributed by atoms with Crippen LogP contribution in [0.15, 0.2) is 61.6 Å². The molecule has 1 saturated heterocycles. The molecule has 0 unspecified atom stereocenters. The van der Waals surface area contributed by atoms with Crippen LogP contribution in [0.4, 0.5) is 23.1 Å². The molecule has 9 heteroatoms. The van der Waals surface area contributed by atoms with Crippen molar-refractivity contribution in [2.45, 2.75) is 18.8 Å². The molecule has 5 rings (SSSR count). The molecule has 1 aliphatic rings. The number of anilines is 4. The SMILES string of the molecule is C=Cc1cnc(Nc2cccc(C3CCN(C)CC3)c2)nc1Nc1ccc2nccnc2c1P(C)(C)=O. The van der Waals surface area contributed by atoms with E-state index in [2.05, 4.69) is 62.3 Å². The predicted molar refractivity (Wildman–Crippen MR) is 153 cm³/mol. The zero-order chi connectivity index (χ0) is 26.0. The van der Waals surface area contributed by atoms with Crippen LogP contribution in [0, 0.1) is 0 Å². The van der Waals surface area contributed by atoms with E-state index < -0.39 is 7.14 Å². The third kappa shape index (κ3) is 5.55. The lowest BCUT2D eigenvalue weighted by Gasteiger charge is -2.29. The molecule has 1 fully saturated rings. The highest BCUT2D eigenvalue weighted by Crippen LogP contribution is 2.41. The fraction of sp³-hybridized carbons (Fsp3) is 0.286. The van der Waals surface area contributed by atoms with Gasteiger partial charge >= 0.3 is 0 Å². The Morgan fingerprint density at radius 1 is 1.05 bits per heavy atom. The van der Waals surface area contributed by atoms with Gasteiger partial charge in [0.25, 0.3) is 0 Å². The standard InChI is InChI=1S/C28H32N7OP/c1-5-19-18-31-28(32-22-8-6-7-21(17-22)20-11-15-35(2)16-12-20)34-27(19)33-24-10-9-23-25(30-14-13-29-23)26(24)37(3,4)36/h5-10,13-14,17-18,20H,1,11-12,15-16H2,2-4H3,(H2,31,32,33,34). The Kier molecular flexibility index (Phi) is 7.04. The molecular formula is C28H32N7OP. The van der Waals surface area contributed by atoms with E-state index in [1.165, 1.54) is 5.56 Å². The van der Waals surface area contributed by atoms with E-state index in [-0.39, 0.29) is 0 Å². The first-order valence-corrected chi connectivity index (χ1v) is 15.0. The first-order valence-electron chi connectivity index (χ1n) is 12.4. The maximum Gasteiger partial charge on any atom is 0.229 e. The van der Waals surface area contributed by atoms with Crippen molar-refractivity contribution in [1.82, 2.24) is 24.8 Å². The van der Waals surface area contributed by atoms with Crippen LogP contribution in [0.1, 0.15) is 29.9 Å². The molecule has 0 radical (unpaired) electrons. The first-order chi connectivity index (χ1) is 17.8. The summed E-state index contributed by atoms with van der Waals surface area (Å²) in [5.41, 5.74) is 5.02. The number of rotatable bonds is 7. The lowest BCUT2D eigenvalue weighted by atomic mass is 9.89. The summed E-state index contributed by atoms with van der Waals surface area (Å²) in [7, 11) is -0.526. The summed E-state index contributed by atoms with van der Waals surface area (Å²) in [6, 6.07) is 12.2. The predicted octanol–water partition coefficient (Wildman–Crippen LogP) is 5.61. The second kappa shape index (κ2) is 10.4. The molecule has 4 aromatic rings. The molecule has 2 aromatic heterocycles. The lowest BCUT2D eigenvalue weighted by Crippen LogP contribution is -2.29. The molecule has 190 valence electrons. The highest BCUT2D eigenvalue weighted by Gasteiger charge is 2.22. The zero-order valence-corrected chi connectivity index (χ0v) is 22.4. The Morgan fingerprint density at radius 2 is 1.84 bits per heavy atom. The van der Waals surface area contributed by atoms with Crippen LogP contribution >= 0.6 is 7.14 Å². The summed E-state index contributed by atoms with van der Waals surface area (Å²) < 4.78 is 13.3. The molecule has 0 saturated carbocycles. The smallest absolute Gasteiger partial charge is 0.229 e. The van der Waals surface area contributed by atoms with Gasteiger partial charge in [-0.05, 0) is 82.1 Å². The molecule has 1 aliphatic heterocycles. The molecule has 2 N–H and O–H groups in total. The quantitative estimate of drug-likeness (QED) is 0.308. The Morgan fingerprint density at radius 3 is 2.59 bits per heavy atom. The number of nitrogens with zero attached hydrogens (tertiary/aromatic N) is 5. The van der Waals surface area contributed by atoms with E-state index in [1.807, 2.05) is 18.2 Å². The second-order valence-electron chi connectivity index (χ2n) is 9.89. The van der Waals surface area contributed by atoms with E-state index in [0.717, 1.165) is 37.2 Å². The Bertz CT molecular complexity index is 1490. The monoisotopic (exact) mass is 513 g/mol. The summed E-state index contributed by atoms with van der Waals surface area (Å²) in [4.78, 5) is 20.5. The summed E-state index contributed by atoms with van der Waals surface area (Å²) in [6.45, 7) is 9.63. The number of fused-ring (bicyclic) bond motifs is 1. The summed E-state index contributed by atoms with van der Waals surface area (Å²) >= 11 is 0. The largest absolute Gasteiger partial charge is 0.339 e. The highest BCUT2D eigenvalue weighted by molar-refractivity contribution is 7.71. The minimum atomic E-state index is -2.70. The minimum Gasteiger partial charge on any atom is -0.339 e. The number of likely N-dealkylation sites (tertiary alicyclic amines) is 1. The molecule has 3 heterocycles. The van der Waals surface area contributed by atoms with Crippen molar-refractivity contribution in [3.05, 3.63) is 72.7 Å². The average molecular weight is 514 g/mol. The van der Waals surface area contributed by atoms with E-state index >= 15 is 0 Å². The van der Waals surface area contributed by atoms with Gasteiger partial charge in [-0.3, -0.25) is 9.97 Å². The van der Waals surface area contributed by atoms with Gasteiger partial charge in [0.2, 0.25) is 5.95 Å². The van der Waals surface area contributed by atoms with Gasteiger partial charge < -0.3 is 20.1 Å².